The lowest BCUT2D eigenvalue weighted by Gasteiger charge is -2.26. The van der Waals surface area contributed by atoms with Crippen LogP contribution in [0, 0.1) is 0 Å². The van der Waals surface area contributed by atoms with E-state index < -0.39 is 0 Å². The highest BCUT2D eigenvalue weighted by Crippen LogP contribution is 1.91. The number of nitrogens with one attached hydrogen (secondary N) is 1. The standard InChI is InChI=1S/C7H14N2O3/c1-11-7(10)6-8-9-2-4-12-5-3-9/h8H,2-6H2,1H3. The summed E-state index contributed by atoms with van der Waals surface area (Å²) in [4.78, 5) is 10.7. The third-order valence-corrected chi connectivity index (χ3v) is 1.69. The molecular formula is C7H14N2O3. The first-order valence-corrected chi connectivity index (χ1v) is 3.96. The predicted octanol–water partition coefficient (Wildman–Crippen LogP) is -1.00. The second kappa shape index (κ2) is 5.08. The van der Waals surface area contributed by atoms with E-state index in [-0.39, 0.29) is 12.5 Å². The molecule has 0 aromatic heterocycles. The molecule has 1 aliphatic heterocycles. The van der Waals surface area contributed by atoms with Crippen molar-refractivity contribution in [2.45, 2.75) is 0 Å². The van der Waals surface area contributed by atoms with Crippen LogP contribution in [0.3, 0.4) is 0 Å². The molecule has 0 amide bonds. The Labute approximate surface area is 71.6 Å². The minimum absolute atomic E-state index is 0.233. The zero-order valence-corrected chi connectivity index (χ0v) is 7.21. The fourth-order valence-corrected chi connectivity index (χ4v) is 0.970. The molecule has 1 heterocycles. The maximum absolute atomic E-state index is 10.7. The Balaban J connectivity index is 2.09. The maximum atomic E-state index is 10.7. The molecule has 1 saturated heterocycles. The van der Waals surface area contributed by atoms with Crippen molar-refractivity contribution in [2.24, 2.45) is 0 Å². The van der Waals surface area contributed by atoms with Gasteiger partial charge in [0.15, 0.2) is 0 Å². The summed E-state index contributed by atoms with van der Waals surface area (Å²) in [7, 11) is 1.38. The quantitative estimate of drug-likeness (QED) is 0.556. The minimum Gasteiger partial charge on any atom is -0.468 e. The van der Waals surface area contributed by atoms with Gasteiger partial charge in [-0.15, -0.1) is 0 Å². The summed E-state index contributed by atoms with van der Waals surface area (Å²) < 4.78 is 9.62. The lowest BCUT2D eigenvalue weighted by Crippen LogP contribution is -2.47. The van der Waals surface area contributed by atoms with Gasteiger partial charge in [-0.05, 0) is 0 Å². The van der Waals surface area contributed by atoms with E-state index in [1.165, 1.54) is 7.11 Å². The number of ether oxygens (including phenoxy) is 2. The molecule has 5 heteroatoms. The molecule has 70 valence electrons. The molecule has 0 atom stereocenters. The molecule has 0 spiro atoms. The fraction of sp³-hybridized carbons (Fsp3) is 0.857. The lowest BCUT2D eigenvalue weighted by atomic mass is 10.5. The second-order valence-corrected chi connectivity index (χ2v) is 2.51. The first-order chi connectivity index (χ1) is 5.83. The van der Waals surface area contributed by atoms with Crippen LogP contribution in [0.25, 0.3) is 0 Å². The van der Waals surface area contributed by atoms with E-state index in [0.717, 1.165) is 13.1 Å². The van der Waals surface area contributed by atoms with Gasteiger partial charge in [0.2, 0.25) is 0 Å². The number of hydrogen-bond donors (Lipinski definition) is 1. The van der Waals surface area contributed by atoms with Crippen LogP contribution >= 0.6 is 0 Å². The van der Waals surface area contributed by atoms with Gasteiger partial charge in [0.1, 0.15) is 6.54 Å². The van der Waals surface area contributed by atoms with E-state index in [0.29, 0.717) is 13.2 Å². The van der Waals surface area contributed by atoms with Crippen molar-refractivity contribution in [3.8, 4) is 0 Å². The van der Waals surface area contributed by atoms with E-state index in [9.17, 15) is 4.79 Å². The Morgan fingerprint density at radius 1 is 1.58 bits per heavy atom. The maximum Gasteiger partial charge on any atom is 0.321 e. The summed E-state index contributed by atoms with van der Waals surface area (Å²) >= 11 is 0. The van der Waals surface area contributed by atoms with Gasteiger partial charge in [-0.3, -0.25) is 4.79 Å². The number of rotatable bonds is 3. The summed E-state index contributed by atoms with van der Waals surface area (Å²) in [6.45, 7) is 3.30. The van der Waals surface area contributed by atoms with Gasteiger partial charge in [0.25, 0.3) is 0 Å². The Morgan fingerprint density at radius 3 is 2.83 bits per heavy atom. The van der Waals surface area contributed by atoms with E-state index in [1.807, 2.05) is 5.01 Å². The summed E-state index contributed by atoms with van der Waals surface area (Å²) in [6.07, 6.45) is 0. The van der Waals surface area contributed by atoms with Crippen LogP contribution in [-0.2, 0) is 14.3 Å². The van der Waals surface area contributed by atoms with Crippen LogP contribution in [0.15, 0.2) is 0 Å². The van der Waals surface area contributed by atoms with E-state index in [4.69, 9.17) is 4.74 Å². The molecule has 0 saturated carbocycles. The normalized spacial score (nSPS) is 19.1. The van der Waals surface area contributed by atoms with Gasteiger partial charge < -0.3 is 9.47 Å². The average Bonchev–Trinajstić information content (AvgIpc) is 2.16. The van der Waals surface area contributed by atoms with Gasteiger partial charge in [0.05, 0.1) is 20.3 Å². The molecule has 0 bridgehead atoms. The molecule has 0 aromatic carbocycles. The number of esters is 1. The Morgan fingerprint density at radius 2 is 2.25 bits per heavy atom. The number of morpholine rings is 1. The molecule has 1 N–H and O–H groups in total. The highest BCUT2D eigenvalue weighted by atomic mass is 16.5. The molecular weight excluding hydrogens is 160 g/mol. The molecule has 5 nitrogen and oxygen atoms in total. The zero-order chi connectivity index (χ0) is 8.81. The topological polar surface area (TPSA) is 50.8 Å². The Bertz CT molecular complexity index is 146. The molecule has 1 fully saturated rings. The van der Waals surface area contributed by atoms with Crippen molar-refractivity contribution in [1.82, 2.24) is 10.4 Å². The summed E-state index contributed by atoms with van der Waals surface area (Å²) in [6, 6.07) is 0. The van der Waals surface area contributed by atoms with E-state index in [2.05, 4.69) is 10.2 Å². The highest BCUT2D eigenvalue weighted by Gasteiger charge is 2.10. The molecule has 0 aliphatic carbocycles. The number of hydrogen-bond acceptors (Lipinski definition) is 5. The minimum atomic E-state index is -0.249. The Kier molecular flexibility index (Phi) is 3.99. The smallest absolute Gasteiger partial charge is 0.321 e. The Hall–Kier alpha value is -0.650. The van der Waals surface area contributed by atoms with E-state index >= 15 is 0 Å². The average molecular weight is 174 g/mol. The number of methoxy groups -OCH3 is 1. The van der Waals surface area contributed by atoms with Crippen LogP contribution in [0.2, 0.25) is 0 Å². The fourth-order valence-electron chi connectivity index (χ4n) is 0.970. The third kappa shape index (κ3) is 3.17. The number of carbonyl (C=O) groups is 1. The van der Waals surface area contributed by atoms with E-state index in [1.54, 1.807) is 0 Å². The van der Waals surface area contributed by atoms with Crippen LogP contribution in [0.5, 0.6) is 0 Å². The van der Waals surface area contributed by atoms with Crippen molar-refractivity contribution >= 4 is 5.97 Å². The van der Waals surface area contributed by atoms with Crippen LogP contribution in [-0.4, -0.2) is 50.9 Å². The number of nitrogens with zero attached hydrogens (tertiary/aromatic N) is 1. The molecule has 0 unspecified atom stereocenters. The van der Waals surface area contributed by atoms with Gasteiger partial charge in [-0.1, -0.05) is 0 Å². The molecule has 0 aromatic rings. The van der Waals surface area contributed by atoms with Crippen molar-refractivity contribution in [3.05, 3.63) is 0 Å². The van der Waals surface area contributed by atoms with Gasteiger partial charge in [-0.2, -0.15) is 0 Å². The van der Waals surface area contributed by atoms with Gasteiger partial charge >= 0.3 is 5.97 Å². The predicted molar refractivity (Wildman–Crippen MR) is 42.4 cm³/mol. The molecule has 12 heavy (non-hydrogen) atoms. The summed E-state index contributed by atoms with van der Waals surface area (Å²) in [5.74, 6) is -0.249. The molecule has 1 aliphatic rings. The first-order valence-electron chi connectivity index (χ1n) is 3.96. The van der Waals surface area contributed by atoms with Crippen molar-refractivity contribution in [1.29, 1.82) is 0 Å². The monoisotopic (exact) mass is 174 g/mol. The van der Waals surface area contributed by atoms with Gasteiger partial charge in [-0.25, -0.2) is 10.4 Å². The zero-order valence-electron chi connectivity index (χ0n) is 7.21. The van der Waals surface area contributed by atoms with Crippen molar-refractivity contribution < 1.29 is 14.3 Å². The first kappa shape index (κ1) is 9.44. The number of hydrazine groups is 1. The third-order valence-electron chi connectivity index (χ3n) is 1.69. The van der Waals surface area contributed by atoms with Crippen LogP contribution < -0.4 is 5.43 Å². The van der Waals surface area contributed by atoms with Crippen LogP contribution in [0.1, 0.15) is 0 Å². The largest absolute Gasteiger partial charge is 0.468 e. The van der Waals surface area contributed by atoms with Gasteiger partial charge in [0, 0.05) is 13.1 Å². The van der Waals surface area contributed by atoms with Crippen LogP contribution in [0.4, 0.5) is 0 Å². The molecule has 1 rings (SSSR count). The van der Waals surface area contributed by atoms with Crippen molar-refractivity contribution in [2.75, 3.05) is 40.0 Å². The summed E-state index contributed by atoms with van der Waals surface area (Å²) in [5, 5.41) is 1.96. The van der Waals surface area contributed by atoms with Crippen molar-refractivity contribution in [3.63, 3.8) is 0 Å². The molecule has 0 radical (unpaired) electrons. The lowest BCUT2D eigenvalue weighted by molar-refractivity contribution is -0.141. The highest BCUT2D eigenvalue weighted by molar-refractivity contribution is 5.71. The SMILES string of the molecule is COC(=O)CNN1CCOCC1. The summed E-state index contributed by atoms with van der Waals surface area (Å²) in [5.41, 5.74) is 2.95. The number of carbonyl (C=O) groups excluding carboxylic acids is 1. The second-order valence-electron chi connectivity index (χ2n) is 2.51.